The second-order valence-corrected chi connectivity index (χ2v) is 8.83. The molecule has 208 valence electrons. The van der Waals surface area contributed by atoms with E-state index in [1.54, 1.807) is 0 Å². The highest BCUT2D eigenvalue weighted by Crippen LogP contribution is 2.39. The smallest absolute Gasteiger partial charge is 0.233 e. The van der Waals surface area contributed by atoms with E-state index >= 15 is 0 Å². The van der Waals surface area contributed by atoms with Crippen molar-refractivity contribution in [2.75, 3.05) is 51.9 Å². The van der Waals surface area contributed by atoms with Gasteiger partial charge in [-0.2, -0.15) is 0 Å². The van der Waals surface area contributed by atoms with E-state index in [1.165, 1.54) is 16.9 Å². The zero-order chi connectivity index (χ0) is 27.5. The number of hydrogen-bond acceptors (Lipinski definition) is 7. The molecule has 9 nitrogen and oxygen atoms in total. The Morgan fingerprint density at radius 3 is 2.27 bits per heavy atom. The molecule has 3 rings (SSSR count). The summed E-state index contributed by atoms with van der Waals surface area (Å²) in [6, 6.07) is 7.72. The molecule has 0 aromatic heterocycles. The van der Waals surface area contributed by atoms with Gasteiger partial charge in [0.15, 0.2) is 0 Å². The molecule has 1 aromatic carbocycles. The van der Waals surface area contributed by atoms with E-state index in [4.69, 9.17) is 9.47 Å². The van der Waals surface area contributed by atoms with Crippen LogP contribution in [0.3, 0.4) is 0 Å². The number of carbonyl (C=O) groups excluding carboxylic acids is 4. The van der Waals surface area contributed by atoms with Crippen molar-refractivity contribution in [3.8, 4) is 0 Å². The van der Waals surface area contributed by atoms with Gasteiger partial charge in [0.05, 0.1) is 38.8 Å². The summed E-state index contributed by atoms with van der Waals surface area (Å²) in [6.45, 7) is 9.27. The summed E-state index contributed by atoms with van der Waals surface area (Å²) in [5, 5.41) is 5.82. The highest BCUT2D eigenvalue weighted by Gasteiger charge is 2.43. The minimum Gasteiger partial charge on any atom is -0.379 e. The molecule has 0 radical (unpaired) electrons. The van der Waals surface area contributed by atoms with Crippen LogP contribution in [0.15, 0.2) is 24.3 Å². The molecule has 2 aliphatic rings. The molecule has 1 saturated carbocycles. The van der Waals surface area contributed by atoms with Crippen LogP contribution in [0, 0.1) is 18.8 Å². The lowest BCUT2D eigenvalue weighted by Gasteiger charge is -2.29. The van der Waals surface area contributed by atoms with Gasteiger partial charge in [-0.05, 0) is 44.9 Å². The molecule has 1 aromatic rings. The topological polar surface area (TPSA) is 114 Å². The number of amides is 3. The van der Waals surface area contributed by atoms with E-state index in [0.717, 1.165) is 31.4 Å². The quantitative estimate of drug-likeness (QED) is 0.220. The molecule has 1 aliphatic heterocycles. The van der Waals surface area contributed by atoms with Gasteiger partial charge in [-0.3, -0.25) is 19.3 Å². The van der Waals surface area contributed by atoms with Crippen molar-refractivity contribution >= 4 is 29.7 Å². The average molecular weight is 520 g/mol. The Kier molecular flexibility index (Phi) is 17.1. The highest BCUT2D eigenvalue weighted by atomic mass is 16.5. The number of likely N-dealkylation sites (tertiary alicyclic amines) is 1. The Bertz CT molecular complexity index is 811. The normalized spacial score (nSPS) is 16.8. The lowest BCUT2D eigenvalue weighted by molar-refractivity contribution is -0.140. The molecule has 2 fully saturated rings. The van der Waals surface area contributed by atoms with Crippen LogP contribution in [0.4, 0.5) is 5.69 Å². The number of imide groups is 1. The van der Waals surface area contributed by atoms with E-state index in [0.29, 0.717) is 45.2 Å². The number of aryl methyl sites for hydroxylation is 1. The van der Waals surface area contributed by atoms with E-state index in [2.05, 4.69) is 10.6 Å². The molecule has 1 unspecified atom stereocenters. The fourth-order valence-electron chi connectivity index (χ4n) is 3.86. The summed E-state index contributed by atoms with van der Waals surface area (Å²) in [5.74, 6) is 0.149. The van der Waals surface area contributed by atoms with Crippen molar-refractivity contribution in [3.05, 3.63) is 29.8 Å². The fraction of sp³-hybridized carbons (Fsp3) is 0.643. The first-order valence-corrected chi connectivity index (χ1v) is 13.4. The molecule has 1 aliphatic carbocycles. The van der Waals surface area contributed by atoms with Crippen LogP contribution < -0.4 is 10.6 Å². The number of likely N-dealkylation sites (N-methyl/N-ethyl adjacent to an activating group) is 1. The number of nitrogens with zero attached hydrogens (tertiary/aromatic N) is 1. The molecule has 9 heteroatoms. The van der Waals surface area contributed by atoms with Crippen molar-refractivity contribution in [1.82, 2.24) is 10.2 Å². The van der Waals surface area contributed by atoms with Crippen molar-refractivity contribution < 1.29 is 28.7 Å². The highest BCUT2D eigenvalue weighted by molar-refractivity contribution is 6.03. The average Bonchev–Trinajstić information content (AvgIpc) is 3.14. The van der Waals surface area contributed by atoms with E-state index in [9.17, 15) is 19.2 Å². The van der Waals surface area contributed by atoms with Gasteiger partial charge >= 0.3 is 0 Å². The first-order chi connectivity index (χ1) is 18.0. The predicted molar refractivity (Wildman–Crippen MR) is 144 cm³/mol. The van der Waals surface area contributed by atoms with Crippen molar-refractivity contribution in [2.24, 2.45) is 11.8 Å². The van der Waals surface area contributed by atoms with Gasteiger partial charge in [0.25, 0.3) is 0 Å². The van der Waals surface area contributed by atoms with Gasteiger partial charge in [-0.1, -0.05) is 38.0 Å². The lowest BCUT2D eigenvalue weighted by Crippen LogP contribution is -2.34. The first-order valence-electron chi connectivity index (χ1n) is 13.4. The third-order valence-corrected chi connectivity index (χ3v) is 6.15. The van der Waals surface area contributed by atoms with Crippen LogP contribution in [0.1, 0.15) is 57.9 Å². The Morgan fingerprint density at radius 1 is 1.05 bits per heavy atom. The van der Waals surface area contributed by atoms with Crippen LogP contribution in [-0.4, -0.2) is 75.5 Å². The molecule has 37 heavy (non-hydrogen) atoms. The maximum absolute atomic E-state index is 11.8. The third-order valence-electron chi connectivity index (χ3n) is 6.15. The predicted octanol–water partition coefficient (Wildman–Crippen LogP) is 3.35. The zero-order valence-corrected chi connectivity index (χ0v) is 22.9. The number of nitrogens with one attached hydrogen (secondary N) is 2. The van der Waals surface area contributed by atoms with Crippen LogP contribution >= 0.6 is 0 Å². The lowest BCUT2D eigenvalue weighted by atomic mass is 9.75. The summed E-state index contributed by atoms with van der Waals surface area (Å²) in [5.41, 5.74) is 1.99. The molecule has 1 saturated heterocycles. The number of anilines is 1. The van der Waals surface area contributed by atoms with Crippen LogP contribution in [0.5, 0.6) is 0 Å². The Balaban J connectivity index is 0.000000357. The van der Waals surface area contributed by atoms with E-state index in [-0.39, 0.29) is 36.6 Å². The molecular weight excluding hydrogens is 474 g/mol. The van der Waals surface area contributed by atoms with Crippen molar-refractivity contribution in [2.45, 2.75) is 59.3 Å². The number of rotatable bonds is 14. The third kappa shape index (κ3) is 12.5. The minimum absolute atomic E-state index is 0.0371. The van der Waals surface area contributed by atoms with Crippen LogP contribution in [-0.2, 0) is 28.7 Å². The molecule has 1 heterocycles. The summed E-state index contributed by atoms with van der Waals surface area (Å²) in [7, 11) is 1.88. The fourth-order valence-corrected chi connectivity index (χ4v) is 3.86. The SMILES string of the molecule is CC.CNCCOCCOCCC(=O)Nc1ccc(C)cc1.O=CCCN1C(=O)CC(C2CCC2)C1=O. The van der Waals surface area contributed by atoms with E-state index in [1.807, 2.05) is 52.1 Å². The summed E-state index contributed by atoms with van der Waals surface area (Å²) < 4.78 is 10.6. The molecule has 2 N–H and O–H groups in total. The van der Waals surface area contributed by atoms with Gasteiger partial charge in [0.1, 0.15) is 6.29 Å². The van der Waals surface area contributed by atoms with Gasteiger partial charge in [0.2, 0.25) is 17.7 Å². The molecule has 0 spiro atoms. The monoisotopic (exact) mass is 519 g/mol. The zero-order valence-electron chi connectivity index (χ0n) is 22.9. The standard InChI is InChI=1S/C15H24N2O3.C11H15NO3.C2H6/c1-13-3-5-14(6-4-13)17-15(18)7-9-19-11-12-20-10-8-16-2;13-6-2-5-12-10(14)7-9(11(12)15)8-3-1-4-8;1-2/h3-6,16H,7-12H2,1-2H3,(H,17,18);6,8-9H,1-5,7H2;1-2H3. The van der Waals surface area contributed by atoms with Crippen molar-refractivity contribution in [1.29, 1.82) is 0 Å². The molecular formula is C28H45N3O6. The van der Waals surface area contributed by atoms with Gasteiger partial charge in [-0.25, -0.2) is 0 Å². The number of hydrogen-bond donors (Lipinski definition) is 2. The Hall–Kier alpha value is -2.62. The largest absolute Gasteiger partial charge is 0.379 e. The Labute approximate surface area is 221 Å². The van der Waals surface area contributed by atoms with E-state index < -0.39 is 0 Å². The maximum Gasteiger partial charge on any atom is 0.233 e. The van der Waals surface area contributed by atoms with Gasteiger partial charge < -0.3 is 24.9 Å². The molecule has 1 atom stereocenters. The Morgan fingerprint density at radius 2 is 1.70 bits per heavy atom. The van der Waals surface area contributed by atoms with Gasteiger partial charge in [0, 0.05) is 31.6 Å². The van der Waals surface area contributed by atoms with Crippen molar-refractivity contribution in [3.63, 3.8) is 0 Å². The summed E-state index contributed by atoms with van der Waals surface area (Å²) in [6.07, 6.45) is 5.05. The first kappa shape index (κ1) is 32.4. The van der Waals surface area contributed by atoms with Gasteiger partial charge in [-0.15, -0.1) is 0 Å². The molecule has 3 amide bonds. The number of carbonyl (C=O) groups is 4. The molecule has 0 bridgehead atoms. The minimum atomic E-state index is -0.0984. The number of ether oxygens (including phenoxy) is 2. The summed E-state index contributed by atoms with van der Waals surface area (Å²) in [4.78, 5) is 46.5. The number of benzene rings is 1. The van der Waals surface area contributed by atoms with Crippen LogP contribution in [0.25, 0.3) is 0 Å². The van der Waals surface area contributed by atoms with Crippen LogP contribution in [0.2, 0.25) is 0 Å². The maximum atomic E-state index is 11.8. The number of aldehydes is 1. The summed E-state index contributed by atoms with van der Waals surface area (Å²) >= 11 is 0. The second-order valence-electron chi connectivity index (χ2n) is 8.83. The second kappa shape index (κ2) is 19.5.